The standard InChI is InChI=1S/C10H15NO3S/c11-5-3-9(12)10(13)14-6-4-8-2-1-7-15-8/h1-2,7,9,12H,3-6,11H2/t9-/m0/s1. The van der Waals surface area contributed by atoms with Gasteiger partial charge in [0.2, 0.25) is 0 Å². The summed E-state index contributed by atoms with van der Waals surface area (Å²) >= 11 is 1.62. The van der Waals surface area contributed by atoms with Gasteiger partial charge in [-0.2, -0.15) is 0 Å². The molecule has 1 atom stereocenters. The van der Waals surface area contributed by atoms with Crippen LogP contribution < -0.4 is 5.73 Å². The number of rotatable bonds is 6. The fourth-order valence-electron chi connectivity index (χ4n) is 1.08. The van der Waals surface area contributed by atoms with Crippen LogP contribution in [0.3, 0.4) is 0 Å². The first-order valence-electron chi connectivity index (χ1n) is 4.81. The molecule has 4 nitrogen and oxygen atoms in total. The number of hydrogen-bond donors (Lipinski definition) is 2. The molecule has 1 aromatic rings. The predicted octanol–water partition coefficient (Wildman–Crippen LogP) is 0.543. The van der Waals surface area contributed by atoms with Crippen molar-refractivity contribution in [3.63, 3.8) is 0 Å². The predicted molar refractivity (Wildman–Crippen MR) is 58.7 cm³/mol. The minimum Gasteiger partial charge on any atom is -0.463 e. The number of carbonyl (C=O) groups is 1. The second-order valence-corrected chi connectivity index (χ2v) is 4.12. The first-order valence-corrected chi connectivity index (χ1v) is 5.69. The summed E-state index contributed by atoms with van der Waals surface area (Å²) in [6, 6.07) is 3.93. The molecule has 1 rings (SSSR count). The quantitative estimate of drug-likeness (QED) is 0.698. The highest BCUT2D eigenvalue weighted by Crippen LogP contribution is 2.09. The third-order valence-electron chi connectivity index (χ3n) is 1.89. The molecule has 0 saturated heterocycles. The Kier molecular flexibility index (Phi) is 5.31. The number of hydrogen-bond acceptors (Lipinski definition) is 5. The van der Waals surface area contributed by atoms with Gasteiger partial charge in [-0.1, -0.05) is 6.07 Å². The Hall–Kier alpha value is -0.910. The van der Waals surface area contributed by atoms with Gasteiger partial charge in [-0.05, 0) is 24.4 Å². The van der Waals surface area contributed by atoms with E-state index in [1.165, 1.54) is 0 Å². The van der Waals surface area contributed by atoms with E-state index in [1.54, 1.807) is 11.3 Å². The van der Waals surface area contributed by atoms with Gasteiger partial charge in [-0.15, -0.1) is 11.3 Å². The first kappa shape index (κ1) is 12.2. The number of ether oxygens (including phenoxy) is 1. The smallest absolute Gasteiger partial charge is 0.335 e. The van der Waals surface area contributed by atoms with Crippen LogP contribution in [0.1, 0.15) is 11.3 Å². The Bertz CT molecular complexity index is 287. The fraction of sp³-hybridized carbons (Fsp3) is 0.500. The van der Waals surface area contributed by atoms with Crippen molar-refractivity contribution in [2.24, 2.45) is 5.73 Å². The number of nitrogens with two attached hydrogens (primary N) is 1. The zero-order valence-corrected chi connectivity index (χ0v) is 9.20. The summed E-state index contributed by atoms with van der Waals surface area (Å²) in [7, 11) is 0. The maximum Gasteiger partial charge on any atom is 0.335 e. The lowest BCUT2D eigenvalue weighted by Gasteiger charge is -2.08. The van der Waals surface area contributed by atoms with E-state index in [-0.39, 0.29) is 13.0 Å². The topological polar surface area (TPSA) is 72.5 Å². The Balaban J connectivity index is 2.17. The van der Waals surface area contributed by atoms with Crippen molar-refractivity contribution in [1.29, 1.82) is 0 Å². The molecule has 0 bridgehead atoms. The molecule has 0 radical (unpaired) electrons. The Morgan fingerprint density at radius 1 is 1.67 bits per heavy atom. The highest BCUT2D eigenvalue weighted by Gasteiger charge is 2.14. The lowest BCUT2D eigenvalue weighted by molar-refractivity contribution is -0.153. The highest BCUT2D eigenvalue weighted by atomic mass is 32.1. The molecule has 0 aliphatic rings. The summed E-state index contributed by atoms with van der Waals surface area (Å²) in [6.07, 6.45) is -0.144. The molecule has 0 fully saturated rings. The number of esters is 1. The van der Waals surface area contributed by atoms with Gasteiger partial charge in [0.15, 0.2) is 6.10 Å². The molecular weight excluding hydrogens is 214 g/mol. The van der Waals surface area contributed by atoms with Gasteiger partial charge in [0, 0.05) is 11.3 Å². The third kappa shape index (κ3) is 4.42. The Morgan fingerprint density at radius 2 is 2.47 bits per heavy atom. The molecule has 5 heteroatoms. The van der Waals surface area contributed by atoms with E-state index in [2.05, 4.69) is 0 Å². The van der Waals surface area contributed by atoms with Crippen molar-refractivity contribution < 1.29 is 14.6 Å². The number of carbonyl (C=O) groups excluding carboxylic acids is 1. The SMILES string of the molecule is NCC[C@H](O)C(=O)OCCc1cccs1. The van der Waals surface area contributed by atoms with Crippen molar-refractivity contribution in [3.8, 4) is 0 Å². The zero-order chi connectivity index (χ0) is 11.1. The van der Waals surface area contributed by atoms with E-state index in [0.717, 1.165) is 4.88 Å². The van der Waals surface area contributed by atoms with Gasteiger partial charge in [0.05, 0.1) is 6.61 Å². The average Bonchev–Trinajstić information content (AvgIpc) is 2.71. The maximum atomic E-state index is 11.1. The first-order chi connectivity index (χ1) is 7.24. The molecule has 0 aliphatic carbocycles. The fourth-order valence-corrected chi connectivity index (χ4v) is 1.77. The maximum absolute atomic E-state index is 11.1. The van der Waals surface area contributed by atoms with Crippen LogP contribution in [0.15, 0.2) is 17.5 Å². The molecular formula is C10H15NO3S. The third-order valence-corrected chi connectivity index (χ3v) is 2.82. The molecule has 0 unspecified atom stereocenters. The zero-order valence-electron chi connectivity index (χ0n) is 8.39. The van der Waals surface area contributed by atoms with E-state index in [4.69, 9.17) is 10.5 Å². The monoisotopic (exact) mass is 229 g/mol. The van der Waals surface area contributed by atoms with Gasteiger partial charge >= 0.3 is 5.97 Å². The summed E-state index contributed by atoms with van der Waals surface area (Å²) < 4.78 is 4.89. The van der Waals surface area contributed by atoms with Gasteiger partial charge in [0.25, 0.3) is 0 Å². The van der Waals surface area contributed by atoms with Gasteiger partial charge in [0.1, 0.15) is 0 Å². The normalized spacial score (nSPS) is 12.4. The summed E-state index contributed by atoms with van der Waals surface area (Å²) in [5, 5.41) is 11.2. The molecule has 84 valence electrons. The van der Waals surface area contributed by atoms with Crippen LogP contribution in [0.5, 0.6) is 0 Å². The Labute approximate surface area is 92.7 Å². The number of thiophene rings is 1. The van der Waals surface area contributed by atoms with Crippen molar-refractivity contribution in [1.82, 2.24) is 0 Å². The van der Waals surface area contributed by atoms with Gasteiger partial charge in [-0.25, -0.2) is 4.79 Å². The minimum absolute atomic E-state index is 0.248. The van der Waals surface area contributed by atoms with Crippen LogP contribution >= 0.6 is 11.3 Å². The molecule has 0 saturated carbocycles. The van der Waals surface area contributed by atoms with Crippen LogP contribution in [0.25, 0.3) is 0 Å². The Morgan fingerprint density at radius 3 is 3.07 bits per heavy atom. The summed E-state index contributed by atoms with van der Waals surface area (Å²) in [4.78, 5) is 12.3. The molecule has 15 heavy (non-hydrogen) atoms. The van der Waals surface area contributed by atoms with Gasteiger partial charge < -0.3 is 15.6 Å². The van der Waals surface area contributed by atoms with Crippen LogP contribution in [-0.2, 0) is 16.0 Å². The molecule has 0 spiro atoms. The van der Waals surface area contributed by atoms with Crippen LogP contribution in [0, 0.1) is 0 Å². The average molecular weight is 229 g/mol. The summed E-state index contributed by atoms with van der Waals surface area (Å²) in [6.45, 7) is 0.585. The van der Waals surface area contributed by atoms with Crippen molar-refractivity contribution in [2.45, 2.75) is 18.9 Å². The highest BCUT2D eigenvalue weighted by molar-refractivity contribution is 7.09. The molecule has 1 heterocycles. The van der Waals surface area contributed by atoms with E-state index >= 15 is 0 Å². The van der Waals surface area contributed by atoms with Crippen molar-refractivity contribution >= 4 is 17.3 Å². The summed E-state index contributed by atoms with van der Waals surface area (Å²) in [5.41, 5.74) is 5.21. The van der Waals surface area contributed by atoms with Crippen LogP contribution in [0.2, 0.25) is 0 Å². The van der Waals surface area contributed by atoms with Crippen LogP contribution in [0.4, 0.5) is 0 Å². The van der Waals surface area contributed by atoms with E-state index < -0.39 is 12.1 Å². The van der Waals surface area contributed by atoms with Crippen molar-refractivity contribution in [3.05, 3.63) is 22.4 Å². The minimum atomic E-state index is -1.08. The van der Waals surface area contributed by atoms with E-state index in [0.29, 0.717) is 13.0 Å². The van der Waals surface area contributed by atoms with Gasteiger partial charge in [-0.3, -0.25) is 0 Å². The second-order valence-electron chi connectivity index (χ2n) is 3.09. The van der Waals surface area contributed by atoms with E-state index in [1.807, 2.05) is 17.5 Å². The molecule has 0 aromatic carbocycles. The second kappa shape index (κ2) is 6.55. The lowest BCUT2D eigenvalue weighted by Crippen LogP contribution is -2.26. The molecule has 0 aliphatic heterocycles. The number of aliphatic hydroxyl groups is 1. The molecule has 0 amide bonds. The molecule has 1 aromatic heterocycles. The van der Waals surface area contributed by atoms with Crippen LogP contribution in [-0.4, -0.2) is 30.3 Å². The van der Waals surface area contributed by atoms with E-state index in [9.17, 15) is 9.90 Å². The molecule has 3 N–H and O–H groups in total. The summed E-state index contributed by atoms with van der Waals surface area (Å²) in [5.74, 6) is -0.586. The van der Waals surface area contributed by atoms with Crippen molar-refractivity contribution in [2.75, 3.05) is 13.2 Å². The number of aliphatic hydroxyl groups excluding tert-OH is 1. The lowest BCUT2D eigenvalue weighted by atomic mass is 10.2. The largest absolute Gasteiger partial charge is 0.463 e.